The number of rotatable bonds is 0. The van der Waals surface area contributed by atoms with Crippen molar-refractivity contribution in [2.24, 2.45) is 11.3 Å². The van der Waals surface area contributed by atoms with Crippen LogP contribution in [0.15, 0.2) is 36.0 Å². The Morgan fingerprint density at radius 3 is 2.89 bits per heavy atom. The molecule has 3 nitrogen and oxygen atoms in total. The highest BCUT2D eigenvalue weighted by atomic mass is 16.6. The molecule has 2 aliphatic carbocycles. The second kappa shape index (κ2) is 3.58. The standard InChI is InChI=1S/C15H18O3/c1-8-4-10(16)6-15(3)7-13-11(5-12(8)15)9(2)14(17)18-13/h5,10-11,13,16H,1-2,4,6-7H2,3H3/t10-,11+,13+,15+/m0/s1. The summed E-state index contributed by atoms with van der Waals surface area (Å²) >= 11 is 0. The Balaban J connectivity index is 2.03. The molecule has 1 N–H and O–H groups in total. The number of allylic oxidation sites excluding steroid dienone is 1. The van der Waals surface area contributed by atoms with Gasteiger partial charge in [-0.2, -0.15) is 0 Å². The van der Waals surface area contributed by atoms with E-state index in [9.17, 15) is 9.90 Å². The smallest absolute Gasteiger partial charge is 0.334 e. The van der Waals surface area contributed by atoms with E-state index in [0.717, 1.165) is 12.0 Å². The van der Waals surface area contributed by atoms with Gasteiger partial charge in [0.2, 0.25) is 0 Å². The van der Waals surface area contributed by atoms with Gasteiger partial charge < -0.3 is 9.84 Å². The highest BCUT2D eigenvalue weighted by Gasteiger charge is 2.49. The minimum Gasteiger partial charge on any atom is -0.458 e. The SMILES string of the molecule is C=C1C[C@H](O)C[C@]2(C)C[C@H]3OC(=O)C(=C)[C@H]3C=C12. The molecule has 1 aliphatic heterocycles. The van der Waals surface area contributed by atoms with Crippen LogP contribution in [-0.2, 0) is 9.53 Å². The number of fused-ring (bicyclic) bond motifs is 2. The number of carbonyl (C=O) groups is 1. The van der Waals surface area contributed by atoms with Gasteiger partial charge in [-0.1, -0.05) is 26.2 Å². The normalized spacial score (nSPS) is 43.1. The van der Waals surface area contributed by atoms with Crippen molar-refractivity contribution in [3.8, 4) is 0 Å². The molecule has 0 aromatic carbocycles. The van der Waals surface area contributed by atoms with Crippen LogP contribution in [-0.4, -0.2) is 23.3 Å². The highest BCUT2D eigenvalue weighted by Crippen LogP contribution is 2.53. The average Bonchev–Trinajstić information content (AvgIpc) is 2.50. The summed E-state index contributed by atoms with van der Waals surface area (Å²) in [5.74, 6) is -0.289. The lowest BCUT2D eigenvalue weighted by molar-refractivity contribution is -0.140. The Morgan fingerprint density at radius 2 is 2.17 bits per heavy atom. The van der Waals surface area contributed by atoms with Gasteiger partial charge in [0.25, 0.3) is 0 Å². The molecule has 0 radical (unpaired) electrons. The summed E-state index contributed by atoms with van der Waals surface area (Å²) in [6.07, 6.45) is 3.74. The van der Waals surface area contributed by atoms with Crippen LogP contribution in [0.4, 0.5) is 0 Å². The zero-order chi connectivity index (χ0) is 13.1. The Bertz CT molecular complexity index is 488. The lowest BCUT2D eigenvalue weighted by Crippen LogP contribution is -2.40. The van der Waals surface area contributed by atoms with Crippen LogP contribution < -0.4 is 0 Å². The van der Waals surface area contributed by atoms with Gasteiger partial charge in [0.05, 0.1) is 6.10 Å². The van der Waals surface area contributed by atoms with Crippen molar-refractivity contribution < 1.29 is 14.6 Å². The first-order chi connectivity index (χ1) is 8.40. The van der Waals surface area contributed by atoms with Crippen LogP contribution in [0.3, 0.4) is 0 Å². The number of esters is 1. The molecule has 0 amide bonds. The zero-order valence-electron chi connectivity index (χ0n) is 10.6. The molecule has 1 saturated heterocycles. The van der Waals surface area contributed by atoms with Crippen molar-refractivity contribution in [3.05, 3.63) is 36.0 Å². The molecule has 3 heteroatoms. The molecule has 0 aromatic rings. The van der Waals surface area contributed by atoms with Gasteiger partial charge in [-0.05, 0) is 35.8 Å². The molecule has 3 aliphatic rings. The largest absolute Gasteiger partial charge is 0.458 e. The van der Waals surface area contributed by atoms with E-state index in [-0.39, 0.29) is 29.5 Å². The number of aliphatic hydroxyl groups excluding tert-OH is 1. The van der Waals surface area contributed by atoms with Crippen LogP contribution in [0.2, 0.25) is 0 Å². The second-order valence-corrected chi connectivity index (χ2v) is 6.01. The molecule has 3 rings (SSSR count). The van der Waals surface area contributed by atoms with E-state index in [2.05, 4.69) is 26.2 Å². The van der Waals surface area contributed by atoms with Crippen molar-refractivity contribution in [1.29, 1.82) is 0 Å². The third kappa shape index (κ3) is 1.50. The maximum absolute atomic E-state index is 11.6. The van der Waals surface area contributed by atoms with Gasteiger partial charge in [0, 0.05) is 11.5 Å². The molecule has 1 heterocycles. The molecular formula is C15H18O3. The molecule has 1 saturated carbocycles. The van der Waals surface area contributed by atoms with Gasteiger partial charge in [-0.25, -0.2) is 4.79 Å². The molecule has 2 fully saturated rings. The highest BCUT2D eigenvalue weighted by molar-refractivity contribution is 5.91. The first-order valence-corrected chi connectivity index (χ1v) is 6.39. The van der Waals surface area contributed by atoms with Crippen LogP contribution >= 0.6 is 0 Å². The zero-order valence-corrected chi connectivity index (χ0v) is 10.6. The quantitative estimate of drug-likeness (QED) is 0.526. The van der Waals surface area contributed by atoms with E-state index in [4.69, 9.17) is 4.74 Å². The summed E-state index contributed by atoms with van der Waals surface area (Å²) in [6.45, 7) is 10.0. The first kappa shape index (κ1) is 11.7. The predicted molar refractivity (Wildman–Crippen MR) is 67.7 cm³/mol. The van der Waals surface area contributed by atoms with E-state index >= 15 is 0 Å². The molecule has 0 unspecified atom stereocenters. The fourth-order valence-corrected chi connectivity index (χ4v) is 3.68. The maximum atomic E-state index is 11.6. The van der Waals surface area contributed by atoms with Crippen molar-refractivity contribution in [2.45, 2.75) is 38.4 Å². The third-order valence-electron chi connectivity index (χ3n) is 4.52. The van der Waals surface area contributed by atoms with E-state index in [1.54, 1.807) is 0 Å². The minimum absolute atomic E-state index is 0.00688. The number of carbonyl (C=O) groups excluding carboxylic acids is 1. The Labute approximate surface area is 107 Å². The number of ether oxygens (including phenoxy) is 1. The van der Waals surface area contributed by atoms with Gasteiger partial charge >= 0.3 is 5.97 Å². The summed E-state index contributed by atoms with van der Waals surface area (Å²) in [5.41, 5.74) is 2.60. The molecule has 0 bridgehead atoms. The summed E-state index contributed by atoms with van der Waals surface area (Å²) in [5, 5.41) is 9.91. The fourth-order valence-electron chi connectivity index (χ4n) is 3.68. The van der Waals surface area contributed by atoms with Gasteiger partial charge in [-0.3, -0.25) is 0 Å². The molecule has 0 spiro atoms. The second-order valence-electron chi connectivity index (χ2n) is 6.01. The van der Waals surface area contributed by atoms with E-state index < -0.39 is 0 Å². The van der Waals surface area contributed by atoms with Gasteiger partial charge in [0.1, 0.15) is 6.10 Å². The Kier molecular flexibility index (Phi) is 2.33. The van der Waals surface area contributed by atoms with Gasteiger partial charge in [-0.15, -0.1) is 0 Å². The van der Waals surface area contributed by atoms with Crippen LogP contribution in [0.1, 0.15) is 26.2 Å². The van der Waals surface area contributed by atoms with Gasteiger partial charge in [0.15, 0.2) is 0 Å². The third-order valence-corrected chi connectivity index (χ3v) is 4.52. The minimum atomic E-state index is -0.337. The van der Waals surface area contributed by atoms with Crippen molar-refractivity contribution in [2.75, 3.05) is 0 Å². The number of aliphatic hydroxyl groups is 1. The summed E-state index contributed by atoms with van der Waals surface area (Å²) in [4.78, 5) is 11.6. The molecule has 96 valence electrons. The molecule has 4 atom stereocenters. The predicted octanol–water partition coefficient (Wildman–Crippen LogP) is 2.13. The van der Waals surface area contributed by atoms with Crippen molar-refractivity contribution in [3.63, 3.8) is 0 Å². The Hall–Kier alpha value is -1.35. The van der Waals surface area contributed by atoms with E-state index in [1.807, 2.05) is 0 Å². The molecule has 0 aromatic heterocycles. The van der Waals surface area contributed by atoms with Crippen LogP contribution in [0.25, 0.3) is 0 Å². The summed E-state index contributed by atoms with van der Waals surface area (Å²) in [7, 11) is 0. The van der Waals surface area contributed by atoms with Crippen molar-refractivity contribution >= 4 is 5.97 Å². The van der Waals surface area contributed by atoms with E-state index in [1.165, 1.54) is 5.57 Å². The summed E-state index contributed by atoms with van der Waals surface area (Å²) in [6, 6.07) is 0. The number of hydrogen-bond donors (Lipinski definition) is 1. The van der Waals surface area contributed by atoms with E-state index in [0.29, 0.717) is 18.4 Å². The topological polar surface area (TPSA) is 46.5 Å². The number of hydrogen-bond acceptors (Lipinski definition) is 3. The average molecular weight is 246 g/mol. The summed E-state index contributed by atoms with van der Waals surface area (Å²) < 4.78 is 5.37. The lowest BCUT2D eigenvalue weighted by Gasteiger charge is -2.45. The van der Waals surface area contributed by atoms with Crippen molar-refractivity contribution in [1.82, 2.24) is 0 Å². The fraction of sp³-hybridized carbons (Fsp3) is 0.533. The Morgan fingerprint density at radius 1 is 1.44 bits per heavy atom. The first-order valence-electron chi connectivity index (χ1n) is 6.39. The molecule has 18 heavy (non-hydrogen) atoms. The van der Waals surface area contributed by atoms with Crippen LogP contribution in [0, 0.1) is 11.3 Å². The lowest BCUT2D eigenvalue weighted by atomic mass is 9.61. The van der Waals surface area contributed by atoms with Crippen LogP contribution in [0.5, 0.6) is 0 Å². The monoisotopic (exact) mass is 246 g/mol. The maximum Gasteiger partial charge on any atom is 0.334 e. The molecular weight excluding hydrogens is 228 g/mol.